The van der Waals surface area contributed by atoms with E-state index >= 15 is 0 Å². The fourth-order valence-electron chi connectivity index (χ4n) is 2.43. The van der Waals surface area contributed by atoms with Crippen molar-refractivity contribution in [2.75, 3.05) is 11.9 Å². The molecule has 2 rings (SSSR count). The van der Waals surface area contributed by atoms with Gasteiger partial charge in [0.25, 0.3) is 5.91 Å². The zero-order chi connectivity index (χ0) is 18.8. The fourth-order valence-corrected chi connectivity index (χ4v) is 3.08. The van der Waals surface area contributed by atoms with E-state index in [0.29, 0.717) is 0 Å². The molecule has 0 heterocycles. The van der Waals surface area contributed by atoms with E-state index in [9.17, 15) is 9.59 Å². The minimum atomic E-state index is -0.539. The average Bonchev–Trinajstić information content (AvgIpc) is 2.67. The number of carbonyl (C=O) groups excluding carboxylic acids is 2. The number of carbonyl (C=O) groups is 2. The highest BCUT2D eigenvalue weighted by Gasteiger charge is 2.11. The Bertz CT molecular complexity index is 750. The van der Waals surface area contributed by atoms with Gasteiger partial charge < -0.3 is 10.1 Å². The largest absolute Gasteiger partial charge is 0.452 e. The maximum absolute atomic E-state index is 12.1. The molecule has 0 aliphatic carbocycles. The highest BCUT2D eigenvalue weighted by Crippen LogP contribution is 2.22. The summed E-state index contributed by atoms with van der Waals surface area (Å²) < 4.78 is 5.01. The van der Waals surface area contributed by atoms with Crippen molar-refractivity contribution >= 4 is 29.3 Å². The summed E-state index contributed by atoms with van der Waals surface area (Å²) in [6.07, 6.45) is 2.97. The number of thioether (sulfide) groups is 1. The lowest BCUT2D eigenvalue weighted by molar-refractivity contribution is -0.142. The number of amides is 1. The average molecular weight is 369 g/mol. The summed E-state index contributed by atoms with van der Waals surface area (Å²) >= 11 is 1.41. The summed E-state index contributed by atoms with van der Waals surface area (Å²) in [5.74, 6) is -0.874. The highest BCUT2D eigenvalue weighted by molar-refractivity contribution is 8.02. The van der Waals surface area contributed by atoms with Crippen molar-refractivity contribution < 1.29 is 14.3 Å². The van der Waals surface area contributed by atoms with Crippen molar-refractivity contribution in [2.45, 2.75) is 31.6 Å². The Kier molecular flexibility index (Phi) is 7.96. The monoisotopic (exact) mass is 369 g/mol. The molecule has 2 aromatic rings. The van der Waals surface area contributed by atoms with E-state index in [4.69, 9.17) is 4.74 Å². The molecule has 0 aromatic heterocycles. The van der Waals surface area contributed by atoms with Gasteiger partial charge in [-0.15, -0.1) is 0 Å². The zero-order valence-electron chi connectivity index (χ0n) is 15.0. The van der Waals surface area contributed by atoms with Crippen LogP contribution in [0.15, 0.2) is 64.9 Å². The number of benzene rings is 2. The lowest BCUT2D eigenvalue weighted by Crippen LogP contribution is -2.21. The Labute approximate surface area is 158 Å². The van der Waals surface area contributed by atoms with E-state index in [-0.39, 0.29) is 12.5 Å². The van der Waals surface area contributed by atoms with Gasteiger partial charge >= 0.3 is 5.97 Å². The third-order valence-corrected chi connectivity index (χ3v) is 4.58. The molecule has 0 saturated carbocycles. The van der Waals surface area contributed by atoms with Gasteiger partial charge in [0.15, 0.2) is 6.61 Å². The lowest BCUT2D eigenvalue weighted by Gasteiger charge is -2.14. The minimum Gasteiger partial charge on any atom is -0.452 e. The predicted molar refractivity (Wildman–Crippen MR) is 106 cm³/mol. The number of hydrogen-bond donors (Lipinski definition) is 1. The van der Waals surface area contributed by atoms with Gasteiger partial charge in [0, 0.05) is 16.7 Å². The third kappa shape index (κ3) is 6.08. The first-order valence-electron chi connectivity index (χ1n) is 8.59. The summed E-state index contributed by atoms with van der Waals surface area (Å²) in [6, 6.07) is 15.7. The van der Waals surface area contributed by atoms with Crippen LogP contribution in [0.3, 0.4) is 0 Å². The summed E-state index contributed by atoms with van der Waals surface area (Å²) in [7, 11) is 0. The second-order valence-corrected chi connectivity index (χ2v) is 6.53. The first kappa shape index (κ1) is 19.8. The zero-order valence-corrected chi connectivity index (χ0v) is 15.8. The number of anilines is 1. The maximum Gasteiger partial charge on any atom is 0.331 e. The number of hydrogen-bond acceptors (Lipinski definition) is 4. The van der Waals surface area contributed by atoms with Gasteiger partial charge in [0.1, 0.15) is 0 Å². The second-order valence-electron chi connectivity index (χ2n) is 5.55. The Balaban J connectivity index is 1.84. The van der Waals surface area contributed by atoms with Gasteiger partial charge in [0.2, 0.25) is 0 Å². The van der Waals surface area contributed by atoms with Crippen LogP contribution in [0.1, 0.15) is 25.0 Å². The maximum atomic E-state index is 12.1. The number of esters is 1. The van der Waals surface area contributed by atoms with Crippen LogP contribution in [0.4, 0.5) is 5.69 Å². The Morgan fingerprint density at radius 3 is 2.27 bits per heavy atom. The van der Waals surface area contributed by atoms with Crippen LogP contribution in [0.5, 0.6) is 0 Å². The van der Waals surface area contributed by atoms with Crippen molar-refractivity contribution in [3.63, 3.8) is 0 Å². The Morgan fingerprint density at radius 1 is 1.00 bits per heavy atom. The molecule has 2 aromatic carbocycles. The molecule has 0 radical (unpaired) electrons. The van der Waals surface area contributed by atoms with Crippen LogP contribution < -0.4 is 5.32 Å². The minimum absolute atomic E-state index is 0.305. The van der Waals surface area contributed by atoms with Gasteiger partial charge in [-0.05, 0) is 41.5 Å². The van der Waals surface area contributed by atoms with Crippen LogP contribution in [-0.2, 0) is 27.2 Å². The van der Waals surface area contributed by atoms with Gasteiger partial charge in [-0.2, -0.15) is 0 Å². The summed E-state index contributed by atoms with van der Waals surface area (Å²) in [6.45, 7) is 3.78. The van der Waals surface area contributed by atoms with Crippen molar-refractivity contribution in [3.8, 4) is 0 Å². The topological polar surface area (TPSA) is 55.4 Å². The molecule has 0 bridgehead atoms. The van der Waals surface area contributed by atoms with Crippen LogP contribution in [-0.4, -0.2) is 18.5 Å². The van der Waals surface area contributed by atoms with E-state index < -0.39 is 5.97 Å². The first-order valence-corrected chi connectivity index (χ1v) is 9.47. The second kappa shape index (κ2) is 10.5. The highest BCUT2D eigenvalue weighted by atomic mass is 32.2. The van der Waals surface area contributed by atoms with Crippen molar-refractivity contribution in [1.29, 1.82) is 0 Å². The van der Waals surface area contributed by atoms with Gasteiger partial charge in [-0.25, -0.2) is 4.79 Å². The molecule has 136 valence electrons. The number of rotatable bonds is 8. The lowest BCUT2D eigenvalue weighted by atomic mass is 10.0. The van der Waals surface area contributed by atoms with Crippen LogP contribution in [0, 0.1) is 0 Å². The molecule has 0 unspecified atom stereocenters. The molecule has 5 heteroatoms. The molecule has 0 spiro atoms. The van der Waals surface area contributed by atoms with Crippen molar-refractivity contribution in [1.82, 2.24) is 0 Å². The van der Waals surface area contributed by atoms with Crippen LogP contribution >= 0.6 is 11.8 Å². The molecule has 0 aliphatic heterocycles. The molecular weight excluding hydrogens is 346 g/mol. The van der Waals surface area contributed by atoms with Crippen molar-refractivity contribution in [3.05, 3.63) is 71.1 Å². The molecule has 0 aliphatic rings. The number of ether oxygens (including phenoxy) is 1. The van der Waals surface area contributed by atoms with E-state index in [1.807, 2.05) is 62.4 Å². The Morgan fingerprint density at radius 2 is 1.65 bits per heavy atom. The molecule has 0 atom stereocenters. The Hall–Kier alpha value is -2.53. The van der Waals surface area contributed by atoms with E-state index in [1.54, 1.807) is 5.41 Å². The van der Waals surface area contributed by atoms with Gasteiger partial charge in [-0.1, -0.05) is 62.0 Å². The summed E-state index contributed by atoms with van der Waals surface area (Å²) in [4.78, 5) is 24.9. The molecular formula is C21H23NO3S. The molecule has 0 fully saturated rings. The van der Waals surface area contributed by atoms with Crippen molar-refractivity contribution in [2.24, 2.45) is 0 Å². The molecule has 1 amide bonds. The summed E-state index contributed by atoms with van der Waals surface area (Å²) in [5, 5.41) is 4.52. The van der Waals surface area contributed by atoms with Gasteiger partial charge in [-0.3, -0.25) is 4.79 Å². The van der Waals surface area contributed by atoms with E-state index in [2.05, 4.69) is 5.32 Å². The third-order valence-electron chi connectivity index (χ3n) is 3.76. The molecule has 26 heavy (non-hydrogen) atoms. The number of para-hydroxylation sites is 1. The first-order chi connectivity index (χ1) is 12.6. The number of nitrogens with one attached hydrogen (secondary N) is 1. The van der Waals surface area contributed by atoms with Crippen LogP contribution in [0.2, 0.25) is 0 Å². The molecule has 1 N–H and O–H groups in total. The van der Waals surface area contributed by atoms with Crippen LogP contribution in [0.25, 0.3) is 0 Å². The molecule has 4 nitrogen and oxygen atoms in total. The van der Waals surface area contributed by atoms with E-state index in [0.717, 1.165) is 34.6 Å². The van der Waals surface area contributed by atoms with Gasteiger partial charge in [0.05, 0.1) is 0 Å². The predicted octanol–water partition coefficient (Wildman–Crippen LogP) is 4.60. The standard InChI is InChI=1S/C21H23NO3S/c1-3-16-9-8-10-17(4-2)21(16)22-19(23)15-25-20(24)13-14-26-18-11-6-5-7-12-18/h5-14H,3-4,15H2,1-2H3,(H,22,23)/b14-13+. The van der Waals surface area contributed by atoms with E-state index in [1.165, 1.54) is 17.8 Å². The quantitative estimate of drug-likeness (QED) is 0.420. The molecule has 0 saturated heterocycles. The smallest absolute Gasteiger partial charge is 0.331 e. The number of aryl methyl sites for hydroxylation is 2. The fraction of sp³-hybridized carbons (Fsp3) is 0.238. The SMILES string of the molecule is CCc1cccc(CC)c1NC(=O)COC(=O)/C=C/Sc1ccccc1. The normalized spacial score (nSPS) is 10.7. The summed E-state index contributed by atoms with van der Waals surface area (Å²) in [5.41, 5.74) is 2.97.